The number of ether oxygens (including phenoxy) is 1. The van der Waals surface area contributed by atoms with Gasteiger partial charge in [-0.2, -0.15) is 0 Å². The predicted molar refractivity (Wildman–Crippen MR) is 126 cm³/mol. The second-order valence-corrected chi connectivity index (χ2v) is 9.75. The van der Waals surface area contributed by atoms with Crippen LogP contribution in [0.3, 0.4) is 0 Å². The van der Waals surface area contributed by atoms with Gasteiger partial charge in [0.1, 0.15) is 6.10 Å². The van der Waals surface area contributed by atoms with Crippen molar-refractivity contribution < 1.29 is 14.7 Å². The maximum absolute atomic E-state index is 10.6. The summed E-state index contributed by atoms with van der Waals surface area (Å²) in [5, 5.41) is 16.2. The Morgan fingerprint density at radius 3 is 2.58 bits per heavy atom. The molecule has 0 amide bonds. The Hall–Kier alpha value is -1.63. The van der Waals surface area contributed by atoms with Crippen molar-refractivity contribution in [1.29, 1.82) is 0 Å². The van der Waals surface area contributed by atoms with E-state index in [1.807, 2.05) is 69.3 Å². The highest BCUT2D eigenvalue weighted by Crippen LogP contribution is 2.21. The van der Waals surface area contributed by atoms with Gasteiger partial charge >= 0.3 is 0 Å². The Balaban J connectivity index is 1.62. The first kappa shape index (κ1) is 24.0. The molecule has 2 aromatic carbocycles. The van der Waals surface area contributed by atoms with E-state index in [4.69, 9.17) is 32.8 Å². The van der Waals surface area contributed by atoms with Crippen LogP contribution >= 0.6 is 23.2 Å². The molecule has 0 saturated carbocycles. The van der Waals surface area contributed by atoms with Gasteiger partial charge in [-0.25, -0.2) is 0 Å². The molecule has 2 atom stereocenters. The van der Waals surface area contributed by atoms with Crippen LogP contribution in [-0.4, -0.2) is 53.2 Å². The summed E-state index contributed by atoms with van der Waals surface area (Å²) in [6, 6.07) is 15.4. The molecule has 0 saturated heterocycles. The smallest absolute Gasteiger partial charge is 0.145 e. The molecule has 0 spiro atoms. The van der Waals surface area contributed by atoms with Gasteiger partial charge in [-0.1, -0.05) is 52.6 Å². The number of oxime groups is 1. The van der Waals surface area contributed by atoms with E-state index in [0.717, 1.165) is 16.8 Å². The molecule has 0 aliphatic carbocycles. The van der Waals surface area contributed by atoms with E-state index >= 15 is 0 Å². The number of hydrogen-bond donors (Lipinski definition) is 1. The van der Waals surface area contributed by atoms with Crippen molar-refractivity contribution in [2.45, 2.75) is 51.5 Å². The molecule has 2 aromatic rings. The third-order valence-corrected chi connectivity index (χ3v) is 5.33. The zero-order valence-corrected chi connectivity index (χ0v) is 19.7. The predicted octanol–water partition coefficient (Wildman–Crippen LogP) is 5.16. The van der Waals surface area contributed by atoms with Crippen LogP contribution in [0.4, 0.5) is 0 Å². The van der Waals surface area contributed by atoms with E-state index in [1.54, 1.807) is 0 Å². The van der Waals surface area contributed by atoms with Crippen LogP contribution in [0.2, 0.25) is 10.0 Å². The first-order valence-electron chi connectivity index (χ1n) is 10.5. The largest absolute Gasteiger partial charge is 0.390 e. The quantitative estimate of drug-likeness (QED) is 0.556. The van der Waals surface area contributed by atoms with Gasteiger partial charge in [0.25, 0.3) is 0 Å². The summed E-state index contributed by atoms with van der Waals surface area (Å²) in [6.07, 6.45) is -0.0144. The van der Waals surface area contributed by atoms with Crippen LogP contribution in [-0.2, 0) is 16.1 Å². The molecule has 5 nitrogen and oxygen atoms in total. The van der Waals surface area contributed by atoms with E-state index in [0.29, 0.717) is 36.1 Å². The number of aliphatic hydroxyl groups excluding tert-OH is 1. The Labute approximate surface area is 194 Å². The highest BCUT2D eigenvalue weighted by molar-refractivity contribution is 6.31. The Morgan fingerprint density at radius 1 is 1.16 bits per heavy atom. The molecule has 168 valence electrons. The summed E-state index contributed by atoms with van der Waals surface area (Å²) in [5.74, 6) is 0. The average Bonchev–Trinajstić information content (AvgIpc) is 3.15. The van der Waals surface area contributed by atoms with Crippen LogP contribution in [0.15, 0.2) is 53.7 Å². The summed E-state index contributed by atoms with van der Waals surface area (Å²) in [7, 11) is 0. The van der Waals surface area contributed by atoms with E-state index < -0.39 is 6.10 Å². The minimum atomic E-state index is -0.614. The van der Waals surface area contributed by atoms with Gasteiger partial charge in [-0.05, 0) is 56.2 Å². The van der Waals surface area contributed by atoms with Crippen LogP contribution < -0.4 is 0 Å². The zero-order valence-electron chi connectivity index (χ0n) is 18.2. The fraction of sp³-hybridized carbons (Fsp3) is 0.458. The number of hydrogen-bond acceptors (Lipinski definition) is 5. The van der Waals surface area contributed by atoms with E-state index in [1.165, 1.54) is 0 Å². The molecule has 7 heteroatoms. The van der Waals surface area contributed by atoms with E-state index in [9.17, 15) is 5.11 Å². The first-order valence-corrected chi connectivity index (χ1v) is 11.2. The monoisotopic (exact) mass is 464 g/mol. The Bertz CT molecular complexity index is 881. The van der Waals surface area contributed by atoms with Crippen molar-refractivity contribution in [2.75, 3.05) is 19.7 Å². The molecule has 1 heterocycles. The van der Waals surface area contributed by atoms with Gasteiger partial charge in [-0.3, -0.25) is 4.90 Å². The summed E-state index contributed by atoms with van der Waals surface area (Å²) >= 11 is 12.1. The summed E-state index contributed by atoms with van der Waals surface area (Å²) in [4.78, 5) is 7.87. The molecular weight excluding hydrogens is 435 g/mol. The van der Waals surface area contributed by atoms with Gasteiger partial charge < -0.3 is 14.7 Å². The van der Waals surface area contributed by atoms with E-state index in [-0.39, 0.29) is 18.3 Å². The molecule has 0 fully saturated rings. The minimum Gasteiger partial charge on any atom is -0.390 e. The van der Waals surface area contributed by atoms with Gasteiger partial charge in [0, 0.05) is 36.1 Å². The lowest BCUT2D eigenvalue weighted by atomic mass is 10.0. The van der Waals surface area contributed by atoms with Crippen LogP contribution in [0, 0.1) is 0 Å². The molecule has 3 rings (SSSR count). The molecule has 1 aliphatic heterocycles. The van der Waals surface area contributed by atoms with Gasteiger partial charge in [0.2, 0.25) is 0 Å². The topological polar surface area (TPSA) is 54.3 Å². The maximum Gasteiger partial charge on any atom is 0.145 e. The third kappa shape index (κ3) is 8.09. The maximum atomic E-state index is 10.6. The van der Waals surface area contributed by atoms with Crippen molar-refractivity contribution in [2.24, 2.45) is 5.16 Å². The molecular formula is C24H30Cl2N2O3. The van der Waals surface area contributed by atoms with Crippen molar-refractivity contribution >= 4 is 28.9 Å². The van der Waals surface area contributed by atoms with Crippen molar-refractivity contribution in [3.05, 3.63) is 69.7 Å². The molecule has 0 bridgehead atoms. The average molecular weight is 465 g/mol. The van der Waals surface area contributed by atoms with Crippen molar-refractivity contribution in [3.8, 4) is 0 Å². The second kappa shape index (κ2) is 10.8. The third-order valence-electron chi connectivity index (χ3n) is 4.85. The SMILES string of the molecule is CC(C)(C)OC[C@@H](O)CN(Cc1cccc(Cl)c1)C[C@H]1CC(c2ccc(Cl)cc2)=NO1. The lowest BCUT2D eigenvalue weighted by Crippen LogP contribution is -2.40. The molecule has 1 aliphatic rings. The molecule has 0 unspecified atom stereocenters. The highest BCUT2D eigenvalue weighted by atomic mass is 35.5. The van der Waals surface area contributed by atoms with Crippen LogP contribution in [0.1, 0.15) is 38.3 Å². The summed E-state index contributed by atoms with van der Waals surface area (Å²) in [5.41, 5.74) is 2.69. The summed E-state index contributed by atoms with van der Waals surface area (Å²) in [6.45, 7) is 7.93. The molecule has 31 heavy (non-hydrogen) atoms. The lowest BCUT2D eigenvalue weighted by molar-refractivity contribution is -0.0600. The fourth-order valence-corrected chi connectivity index (χ4v) is 3.76. The molecule has 0 radical (unpaired) electrons. The number of nitrogens with zero attached hydrogens (tertiary/aromatic N) is 2. The second-order valence-electron chi connectivity index (χ2n) is 8.88. The van der Waals surface area contributed by atoms with Crippen molar-refractivity contribution in [1.82, 2.24) is 4.90 Å². The standard InChI is InChI=1S/C24H30Cl2N2O3/c1-24(2,3)30-16-21(29)14-28(13-17-5-4-6-20(26)11-17)15-22-12-23(27-31-22)18-7-9-19(25)10-8-18/h4-11,21-22,29H,12-16H2,1-3H3/t21-,22+/m0/s1. The molecule has 1 N–H and O–H groups in total. The summed E-state index contributed by atoms with van der Waals surface area (Å²) < 4.78 is 5.75. The molecule has 0 aromatic heterocycles. The highest BCUT2D eigenvalue weighted by Gasteiger charge is 2.26. The van der Waals surface area contributed by atoms with E-state index in [2.05, 4.69) is 10.1 Å². The zero-order chi connectivity index (χ0) is 22.4. The normalized spacial score (nSPS) is 17.5. The number of benzene rings is 2. The van der Waals surface area contributed by atoms with Gasteiger partial charge in [0.15, 0.2) is 0 Å². The minimum absolute atomic E-state index is 0.0967. The lowest BCUT2D eigenvalue weighted by Gasteiger charge is -2.28. The number of halogens is 2. The van der Waals surface area contributed by atoms with Gasteiger partial charge in [-0.15, -0.1) is 0 Å². The number of rotatable bonds is 9. The first-order chi connectivity index (χ1) is 14.7. The van der Waals surface area contributed by atoms with Gasteiger partial charge in [0.05, 0.1) is 24.0 Å². The Morgan fingerprint density at radius 2 is 1.90 bits per heavy atom. The number of aliphatic hydroxyl groups is 1. The van der Waals surface area contributed by atoms with Crippen molar-refractivity contribution in [3.63, 3.8) is 0 Å². The van der Waals surface area contributed by atoms with Crippen LogP contribution in [0.25, 0.3) is 0 Å². The van der Waals surface area contributed by atoms with Crippen LogP contribution in [0.5, 0.6) is 0 Å². The Kier molecular flexibility index (Phi) is 8.36. The fourth-order valence-electron chi connectivity index (χ4n) is 3.42.